The van der Waals surface area contributed by atoms with Crippen LogP contribution in [0.25, 0.3) is 5.65 Å². The van der Waals surface area contributed by atoms with Crippen LogP contribution in [0, 0.1) is 6.92 Å². The largest absolute Gasteiger partial charge is 0.496 e. The van der Waals surface area contributed by atoms with Gasteiger partial charge in [0.15, 0.2) is 5.65 Å². The molecule has 0 spiro atoms. The molecule has 7 nitrogen and oxygen atoms in total. The Morgan fingerprint density at radius 3 is 2.51 bits per heavy atom. The number of hydrogen-bond acceptors (Lipinski definition) is 5. The summed E-state index contributed by atoms with van der Waals surface area (Å²) in [6, 6.07) is 7.97. The third kappa shape index (κ3) is 4.48. The summed E-state index contributed by atoms with van der Waals surface area (Å²) in [7, 11) is 1.63. The molecular formula is C28H37N5O2. The zero-order valence-electron chi connectivity index (χ0n) is 21.7. The molecule has 3 aromatic rings. The van der Waals surface area contributed by atoms with Gasteiger partial charge >= 0.3 is 0 Å². The number of amides is 1. The molecule has 0 bridgehead atoms. The lowest BCUT2D eigenvalue weighted by Gasteiger charge is -2.35. The minimum atomic E-state index is -0.0727. The Kier molecular flexibility index (Phi) is 6.20. The molecule has 2 saturated heterocycles. The molecule has 5 rings (SSSR count). The van der Waals surface area contributed by atoms with Gasteiger partial charge in [0.2, 0.25) is 0 Å². The van der Waals surface area contributed by atoms with Crippen molar-refractivity contribution in [3.8, 4) is 5.75 Å². The van der Waals surface area contributed by atoms with Crippen LogP contribution in [0.5, 0.6) is 5.75 Å². The SMILES string of the molecule is COc1ccc(C(C)(C)C)cc1C(=O)N1CCCCC1c1cc2nc(N3CCCC3)c(C)cn2n1. The fourth-order valence-corrected chi connectivity index (χ4v) is 5.41. The van der Waals surface area contributed by atoms with Crippen molar-refractivity contribution in [2.75, 3.05) is 31.6 Å². The van der Waals surface area contributed by atoms with Crippen LogP contribution in [0.4, 0.5) is 5.82 Å². The van der Waals surface area contributed by atoms with Crippen LogP contribution in [0.15, 0.2) is 30.5 Å². The van der Waals surface area contributed by atoms with Gasteiger partial charge in [-0.1, -0.05) is 26.8 Å². The topological polar surface area (TPSA) is 63.0 Å². The molecule has 1 amide bonds. The number of rotatable bonds is 4. The van der Waals surface area contributed by atoms with Gasteiger partial charge in [-0.05, 0) is 62.1 Å². The van der Waals surface area contributed by atoms with Crippen molar-refractivity contribution < 1.29 is 9.53 Å². The van der Waals surface area contributed by atoms with Gasteiger partial charge in [-0.2, -0.15) is 5.10 Å². The summed E-state index contributed by atoms with van der Waals surface area (Å²) in [5, 5.41) is 4.90. The van der Waals surface area contributed by atoms with Gasteiger partial charge < -0.3 is 14.5 Å². The normalized spacial score (nSPS) is 18.9. The maximum absolute atomic E-state index is 13.9. The minimum Gasteiger partial charge on any atom is -0.496 e. The number of carbonyl (C=O) groups is 1. The molecule has 2 fully saturated rings. The summed E-state index contributed by atoms with van der Waals surface area (Å²) >= 11 is 0. The number of benzene rings is 1. The maximum Gasteiger partial charge on any atom is 0.258 e. The molecule has 4 heterocycles. The zero-order valence-corrected chi connectivity index (χ0v) is 21.7. The van der Waals surface area contributed by atoms with E-state index in [-0.39, 0.29) is 17.4 Å². The Bertz CT molecular complexity index is 1240. The fourth-order valence-electron chi connectivity index (χ4n) is 5.41. The van der Waals surface area contributed by atoms with E-state index in [9.17, 15) is 4.79 Å². The number of nitrogens with zero attached hydrogens (tertiary/aromatic N) is 5. The molecule has 186 valence electrons. The van der Waals surface area contributed by atoms with Crippen LogP contribution >= 0.6 is 0 Å². The van der Waals surface area contributed by atoms with Crippen LogP contribution in [-0.4, -0.2) is 52.1 Å². The monoisotopic (exact) mass is 475 g/mol. The molecule has 0 N–H and O–H groups in total. The molecule has 7 heteroatoms. The average Bonchev–Trinajstić information content (AvgIpc) is 3.52. The van der Waals surface area contributed by atoms with E-state index in [2.05, 4.69) is 50.9 Å². The predicted octanol–water partition coefficient (Wildman–Crippen LogP) is 5.31. The van der Waals surface area contributed by atoms with Crippen molar-refractivity contribution in [1.29, 1.82) is 0 Å². The molecule has 0 saturated carbocycles. The number of aryl methyl sites for hydroxylation is 1. The Balaban J connectivity index is 1.50. The number of anilines is 1. The lowest BCUT2D eigenvalue weighted by molar-refractivity contribution is 0.0602. The van der Waals surface area contributed by atoms with Crippen LogP contribution in [-0.2, 0) is 5.41 Å². The van der Waals surface area contributed by atoms with Gasteiger partial charge in [-0.15, -0.1) is 0 Å². The maximum atomic E-state index is 13.9. The second-order valence-corrected chi connectivity index (χ2v) is 11.0. The van der Waals surface area contributed by atoms with E-state index < -0.39 is 0 Å². The number of carbonyl (C=O) groups excluding carboxylic acids is 1. The standard InChI is InChI=1S/C28H37N5O2/c1-19-18-33-25(29-26(19)31-13-8-9-14-31)17-22(30-33)23-10-6-7-15-32(23)27(34)21-16-20(28(2,3)4)11-12-24(21)35-5/h11-12,16-18,23H,6-10,13-15H2,1-5H3. The third-order valence-corrected chi connectivity index (χ3v) is 7.43. The summed E-state index contributed by atoms with van der Waals surface area (Å²) in [5.74, 6) is 1.69. The number of piperidine rings is 1. The third-order valence-electron chi connectivity index (χ3n) is 7.43. The highest BCUT2D eigenvalue weighted by atomic mass is 16.5. The molecular weight excluding hydrogens is 438 g/mol. The molecule has 2 aliphatic rings. The van der Waals surface area contributed by atoms with Gasteiger partial charge in [0.05, 0.1) is 24.4 Å². The number of ether oxygens (including phenoxy) is 1. The first-order chi connectivity index (χ1) is 16.8. The van der Waals surface area contributed by atoms with E-state index >= 15 is 0 Å². The van der Waals surface area contributed by atoms with Crippen LogP contribution in [0.1, 0.15) is 86.1 Å². The van der Waals surface area contributed by atoms with Crippen molar-refractivity contribution in [3.63, 3.8) is 0 Å². The van der Waals surface area contributed by atoms with E-state index in [4.69, 9.17) is 14.8 Å². The number of hydrogen-bond donors (Lipinski definition) is 0. The highest BCUT2D eigenvalue weighted by Crippen LogP contribution is 2.35. The Morgan fingerprint density at radius 2 is 1.80 bits per heavy atom. The highest BCUT2D eigenvalue weighted by molar-refractivity contribution is 5.97. The Labute approximate surface area is 208 Å². The second kappa shape index (κ2) is 9.17. The molecule has 0 radical (unpaired) electrons. The molecule has 0 aliphatic carbocycles. The van der Waals surface area contributed by atoms with Gasteiger partial charge in [0.25, 0.3) is 5.91 Å². The molecule has 2 aromatic heterocycles. The van der Waals surface area contributed by atoms with E-state index in [1.807, 2.05) is 21.5 Å². The zero-order chi connectivity index (χ0) is 24.7. The van der Waals surface area contributed by atoms with Crippen molar-refractivity contribution in [1.82, 2.24) is 19.5 Å². The first-order valence-corrected chi connectivity index (χ1v) is 12.9. The van der Waals surface area contributed by atoms with Gasteiger partial charge in [-0.3, -0.25) is 4.79 Å². The minimum absolute atomic E-state index is 0.0107. The van der Waals surface area contributed by atoms with Crippen molar-refractivity contribution in [2.45, 2.75) is 71.3 Å². The summed E-state index contributed by atoms with van der Waals surface area (Å²) in [4.78, 5) is 23.3. The summed E-state index contributed by atoms with van der Waals surface area (Å²) in [5.41, 5.74) is 4.58. The highest BCUT2D eigenvalue weighted by Gasteiger charge is 2.33. The van der Waals surface area contributed by atoms with Crippen LogP contribution in [0.3, 0.4) is 0 Å². The van der Waals surface area contributed by atoms with Gasteiger partial charge in [0, 0.05) is 37.5 Å². The van der Waals surface area contributed by atoms with Gasteiger partial charge in [0.1, 0.15) is 11.6 Å². The number of likely N-dealkylation sites (tertiary alicyclic amines) is 1. The van der Waals surface area contributed by atoms with Crippen molar-refractivity contribution in [2.24, 2.45) is 0 Å². The van der Waals surface area contributed by atoms with E-state index in [0.717, 1.165) is 60.6 Å². The average molecular weight is 476 g/mol. The van der Waals surface area contributed by atoms with Crippen LogP contribution in [0.2, 0.25) is 0 Å². The lowest BCUT2D eigenvalue weighted by Crippen LogP contribution is -2.39. The summed E-state index contributed by atoms with van der Waals surface area (Å²) in [6.07, 6.45) is 7.48. The van der Waals surface area contributed by atoms with Gasteiger partial charge in [-0.25, -0.2) is 9.50 Å². The predicted molar refractivity (Wildman–Crippen MR) is 138 cm³/mol. The first-order valence-electron chi connectivity index (χ1n) is 12.9. The second-order valence-electron chi connectivity index (χ2n) is 11.0. The fraction of sp³-hybridized carbons (Fsp3) is 0.536. The molecule has 1 aromatic carbocycles. The Morgan fingerprint density at radius 1 is 1.06 bits per heavy atom. The number of fused-ring (bicyclic) bond motifs is 1. The molecule has 35 heavy (non-hydrogen) atoms. The molecule has 1 unspecified atom stereocenters. The van der Waals surface area contributed by atoms with Crippen molar-refractivity contribution >= 4 is 17.4 Å². The summed E-state index contributed by atoms with van der Waals surface area (Å²) in [6.45, 7) is 11.4. The van der Waals surface area contributed by atoms with E-state index in [1.54, 1.807) is 7.11 Å². The molecule has 2 aliphatic heterocycles. The summed E-state index contributed by atoms with van der Waals surface area (Å²) < 4.78 is 7.48. The Hall–Kier alpha value is -3.09. The van der Waals surface area contributed by atoms with Crippen molar-refractivity contribution in [3.05, 3.63) is 52.8 Å². The molecule has 1 atom stereocenters. The first kappa shape index (κ1) is 23.6. The number of aromatic nitrogens is 3. The quantitative estimate of drug-likeness (QED) is 0.512. The smallest absolute Gasteiger partial charge is 0.258 e. The lowest BCUT2D eigenvalue weighted by atomic mass is 9.85. The number of methoxy groups -OCH3 is 1. The van der Waals surface area contributed by atoms with E-state index in [0.29, 0.717) is 17.9 Å². The van der Waals surface area contributed by atoms with Crippen LogP contribution < -0.4 is 9.64 Å². The van der Waals surface area contributed by atoms with E-state index in [1.165, 1.54) is 12.8 Å².